The highest BCUT2D eigenvalue weighted by molar-refractivity contribution is 7.92. The molecule has 0 aliphatic rings. The molecular weight excluding hydrogens is 542 g/mol. The Bertz CT molecular complexity index is 1650. The van der Waals surface area contributed by atoms with Crippen molar-refractivity contribution >= 4 is 27.6 Å². The van der Waals surface area contributed by atoms with E-state index in [4.69, 9.17) is 9.47 Å². The molecular formula is C30H29N5O5S. The molecule has 1 amide bonds. The van der Waals surface area contributed by atoms with Crippen molar-refractivity contribution in [1.29, 1.82) is 0 Å². The van der Waals surface area contributed by atoms with Gasteiger partial charge in [0.2, 0.25) is 5.88 Å². The van der Waals surface area contributed by atoms with Gasteiger partial charge in [0.05, 0.1) is 5.56 Å². The van der Waals surface area contributed by atoms with E-state index in [9.17, 15) is 13.2 Å². The number of pyridine rings is 1. The second-order valence-electron chi connectivity index (χ2n) is 9.17. The average molecular weight is 572 g/mol. The first kappa shape index (κ1) is 29.0. The van der Waals surface area contributed by atoms with Crippen molar-refractivity contribution in [1.82, 2.24) is 15.0 Å². The fourth-order valence-corrected chi connectivity index (χ4v) is 4.54. The Morgan fingerprint density at radius 2 is 1.66 bits per heavy atom. The summed E-state index contributed by atoms with van der Waals surface area (Å²) in [5.74, 6) is 5.83. The largest absolute Gasteiger partial charge is 0.464 e. The third kappa shape index (κ3) is 8.03. The Balaban J connectivity index is 1.49. The van der Waals surface area contributed by atoms with Gasteiger partial charge in [0.15, 0.2) is 24.1 Å². The Kier molecular flexibility index (Phi) is 9.50. The number of sulfonamides is 1. The lowest BCUT2D eigenvalue weighted by Gasteiger charge is -2.15. The maximum Gasteiger partial charge on any atom is 0.412 e. The van der Waals surface area contributed by atoms with Crippen LogP contribution in [0.3, 0.4) is 0 Å². The number of aromatic nitrogens is 3. The first-order valence-corrected chi connectivity index (χ1v) is 14.2. The molecule has 0 aliphatic carbocycles. The predicted octanol–water partition coefficient (Wildman–Crippen LogP) is 5.40. The van der Waals surface area contributed by atoms with Crippen molar-refractivity contribution < 1.29 is 22.7 Å². The number of ether oxygens (including phenoxy) is 2. The molecule has 2 aromatic heterocycles. The lowest BCUT2D eigenvalue weighted by molar-refractivity contribution is 0.176. The molecule has 0 aliphatic heterocycles. The van der Waals surface area contributed by atoms with Crippen molar-refractivity contribution in [3.63, 3.8) is 0 Å². The zero-order valence-electron chi connectivity index (χ0n) is 22.8. The van der Waals surface area contributed by atoms with Crippen LogP contribution in [0.15, 0.2) is 84.3 Å². The molecule has 10 nitrogen and oxygen atoms in total. The molecule has 11 heteroatoms. The second-order valence-corrected chi connectivity index (χ2v) is 10.8. The quantitative estimate of drug-likeness (QED) is 0.255. The van der Waals surface area contributed by atoms with Crippen LogP contribution in [0.1, 0.15) is 30.9 Å². The molecule has 0 spiro atoms. The minimum absolute atomic E-state index is 0.0301. The van der Waals surface area contributed by atoms with Crippen LogP contribution in [0.4, 0.5) is 16.3 Å². The number of rotatable bonds is 9. The van der Waals surface area contributed by atoms with Crippen LogP contribution >= 0.6 is 0 Å². The molecule has 210 valence electrons. The zero-order valence-corrected chi connectivity index (χ0v) is 23.6. The lowest BCUT2D eigenvalue weighted by atomic mass is 10.1. The molecule has 0 bridgehead atoms. The summed E-state index contributed by atoms with van der Waals surface area (Å²) < 4.78 is 39.8. The number of para-hydroxylation sites is 1. The topological polar surface area (TPSA) is 132 Å². The maximum absolute atomic E-state index is 13.2. The van der Waals surface area contributed by atoms with Crippen LogP contribution in [-0.2, 0) is 14.8 Å². The molecule has 2 aromatic carbocycles. The Labute approximate surface area is 239 Å². The van der Waals surface area contributed by atoms with E-state index in [1.807, 2.05) is 51.1 Å². The van der Waals surface area contributed by atoms with E-state index >= 15 is 0 Å². The molecule has 0 fully saturated rings. The van der Waals surface area contributed by atoms with E-state index in [2.05, 4.69) is 36.8 Å². The van der Waals surface area contributed by atoms with E-state index < -0.39 is 16.1 Å². The monoisotopic (exact) mass is 571 g/mol. The maximum atomic E-state index is 13.2. The summed E-state index contributed by atoms with van der Waals surface area (Å²) >= 11 is 0. The number of hydrogen-bond acceptors (Lipinski definition) is 8. The number of amides is 1. The number of aryl methyl sites for hydroxylation is 1. The minimum Gasteiger partial charge on any atom is -0.464 e. The summed E-state index contributed by atoms with van der Waals surface area (Å²) in [7, 11) is -4.06. The number of hydrogen-bond donors (Lipinski definition) is 2. The molecule has 41 heavy (non-hydrogen) atoms. The van der Waals surface area contributed by atoms with Crippen LogP contribution in [-0.4, -0.2) is 42.7 Å². The fourth-order valence-electron chi connectivity index (χ4n) is 3.59. The Morgan fingerprint density at radius 3 is 2.34 bits per heavy atom. The fraction of sp³-hybridized carbons (Fsp3) is 0.200. The van der Waals surface area contributed by atoms with Gasteiger partial charge in [0, 0.05) is 11.9 Å². The van der Waals surface area contributed by atoms with Gasteiger partial charge in [-0.25, -0.2) is 19.7 Å². The van der Waals surface area contributed by atoms with Gasteiger partial charge in [0.1, 0.15) is 6.33 Å². The molecule has 0 unspecified atom stereocenters. The Morgan fingerprint density at radius 1 is 0.927 bits per heavy atom. The second kappa shape index (κ2) is 13.4. The van der Waals surface area contributed by atoms with Crippen molar-refractivity contribution in [2.75, 3.05) is 23.3 Å². The molecule has 0 saturated carbocycles. The van der Waals surface area contributed by atoms with E-state index in [1.54, 1.807) is 36.5 Å². The van der Waals surface area contributed by atoms with Crippen LogP contribution in [0.5, 0.6) is 5.88 Å². The smallest absolute Gasteiger partial charge is 0.412 e. The molecule has 0 atom stereocenters. The summed E-state index contributed by atoms with van der Waals surface area (Å²) in [4.78, 5) is 24.4. The summed E-state index contributed by atoms with van der Waals surface area (Å²) in [6.45, 7) is 5.70. The van der Waals surface area contributed by atoms with Crippen LogP contribution in [0.2, 0.25) is 0 Å². The number of nitrogens with zero attached hydrogens (tertiary/aromatic N) is 3. The normalized spacial score (nSPS) is 10.8. The molecule has 2 heterocycles. The van der Waals surface area contributed by atoms with Gasteiger partial charge >= 0.3 is 6.09 Å². The standard InChI is InChI=1S/C30H29N5O5S/c1-21(2)24-15-16-26(31-19-24)41(37,38)35-28-27(23-13-11-22(3)12-14-23)29(33-20-32-28)39-17-7-8-18-40-30(36)34-25-9-5-4-6-10-25/h4-6,9-16,19-21H,17-18H2,1-3H3,(H,34,36)(H,32,33,35). The van der Waals surface area contributed by atoms with Gasteiger partial charge < -0.3 is 9.47 Å². The summed E-state index contributed by atoms with van der Waals surface area (Å²) in [5.41, 5.74) is 3.53. The average Bonchev–Trinajstić information content (AvgIpc) is 2.96. The molecule has 0 saturated heterocycles. The summed E-state index contributed by atoms with van der Waals surface area (Å²) in [6.07, 6.45) is 2.11. The summed E-state index contributed by atoms with van der Waals surface area (Å²) in [5, 5.41) is 2.46. The zero-order chi connectivity index (χ0) is 29.2. The van der Waals surface area contributed by atoms with E-state index in [-0.39, 0.29) is 35.9 Å². The van der Waals surface area contributed by atoms with E-state index in [0.717, 1.165) is 11.1 Å². The highest BCUT2D eigenvalue weighted by atomic mass is 32.2. The molecule has 4 rings (SSSR count). The SMILES string of the molecule is Cc1ccc(-c2c(NS(=O)(=O)c3ccc(C(C)C)cn3)ncnc2OCC#CCOC(=O)Nc2ccccc2)cc1. The van der Waals surface area contributed by atoms with E-state index in [0.29, 0.717) is 16.8 Å². The molecule has 4 aromatic rings. The number of carbonyl (C=O) groups excluding carboxylic acids is 1. The van der Waals surface area contributed by atoms with Crippen LogP contribution in [0.25, 0.3) is 11.1 Å². The van der Waals surface area contributed by atoms with Gasteiger partial charge in [0.25, 0.3) is 10.0 Å². The predicted molar refractivity (Wildman–Crippen MR) is 156 cm³/mol. The van der Waals surface area contributed by atoms with Crippen LogP contribution in [0, 0.1) is 18.8 Å². The van der Waals surface area contributed by atoms with Gasteiger partial charge in [-0.15, -0.1) is 0 Å². The van der Waals surface area contributed by atoms with Gasteiger partial charge in [-0.05, 0) is 42.2 Å². The van der Waals surface area contributed by atoms with Crippen molar-refractivity contribution in [2.45, 2.75) is 31.7 Å². The third-order valence-electron chi connectivity index (χ3n) is 5.79. The number of carbonyl (C=O) groups is 1. The van der Waals surface area contributed by atoms with E-state index in [1.165, 1.54) is 12.4 Å². The van der Waals surface area contributed by atoms with Gasteiger partial charge in [-0.3, -0.25) is 10.0 Å². The highest BCUT2D eigenvalue weighted by Gasteiger charge is 2.22. The van der Waals surface area contributed by atoms with Crippen molar-refractivity contribution in [3.8, 4) is 28.8 Å². The molecule has 0 radical (unpaired) electrons. The third-order valence-corrected chi connectivity index (χ3v) is 7.04. The van der Waals surface area contributed by atoms with Gasteiger partial charge in [-0.2, -0.15) is 8.42 Å². The summed E-state index contributed by atoms with van der Waals surface area (Å²) in [6, 6.07) is 19.5. The number of benzene rings is 2. The van der Waals surface area contributed by atoms with Gasteiger partial charge in [-0.1, -0.05) is 79.8 Å². The molecule has 2 N–H and O–H groups in total. The number of nitrogens with one attached hydrogen (secondary N) is 2. The minimum atomic E-state index is -4.06. The van der Waals surface area contributed by atoms with Crippen molar-refractivity contribution in [2.24, 2.45) is 0 Å². The lowest BCUT2D eigenvalue weighted by Crippen LogP contribution is -2.17. The highest BCUT2D eigenvalue weighted by Crippen LogP contribution is 2.35. The van der Waals surface area contributed by atoms with Crippen LogP contribution < -0.4 is 14.8 Å². The Hall–Kier alpha value is -4.95. The van der Waals surface area contributed by atoms with Crippen molar-refractivity contribution in [3.05, 3.63) is 90.4 Å². The number of anilines is 2. The first-order valence-electron chi connectivity index (χ1n) is 12.7. The first-order chi connectivity index (χ1) is 19.7.